The average Bonchev–Trinajstić information content (AvgIpc) is 2.53. The molecule has 1 aromatic heterocycles. The summed E-state index contributed by atoms with van der Waals surface area (Å²) in [6.07, 6.45) is 3.60. The van der Waals surface area contributed by atoms with Gasteiger partial charge in [0.05, 0.1) is 6.61 Å². The summed E-state index contributed by atoms with van der Waals surface area (Å²) in [5.74, 6) is 0.531. The minimum absolute atomic E-state index is 0.0639. The lowest BCUT2D eigenvalue weighted by Crippen LogP contribution is -2.08. The Labute approximate surface area is 117 Å². The maximum Gasteiger partial charge on any atom is 0.222 e. The number of benzene rings is 2. The van der Waals surface area contributed by atoms with Crippen molar-refractivity contribution in [2.45, 2.75) is 0 Å². The van der Waals surface area contributed by atoms with Crippen molar-refractivity contribution in [2.75, 3.05) is 18.5 Å². The molecule has 3 rings (SSSR count). The molecule has 100 valence electrons. The highest BCUT2D eigenvalue weighted by Crippen LogP contribution is 2.27. The molecule has 4 heteroatoms. The maximum absolute atomic E-state index is 8.76. The lowest BCUT2D eigenvalue weighted by atomic mass is 10.0. The van der Waals surface area contributed by atoms with Crippen molar-refractivity contribution in [3.05, 3.63) is 54.9 Å². The van der Waals surface area contributed by atoms with Gasteiger partial charge in [-0.15, -0.1) is 0 Å². The van der Waals surface area contributed by atoms with Gasteiger partial charge in [-0.05, 0) is 16.3 Å². The predicted octanol–water partition coefficient (Wildman–Crippen LogP) is 2.70. The van der Waals surface area contributed by atoms with Crippen molar-refractivity contribution >= 4 is 16.7 Å². The van der Waals surface area contributed by atoms with Crippen LogP contribution in [0, 0.1) is 0 Å². The number of nitrogens with one attached hydrogen (secondary N) is 1. The predicted molar refractivity (Wildman–Crippen MR) is 80.5 cm³/mol. The molecule has 0 saturated heterocycles. The summed E-state index contributed by atoms with van der Waals surface area (Å²) in [6, 6.07) is 14.5. The van der Waals surface area contributed by atoms with E-state index in [-0.39, 0.29) is 6.61 Å². The third-order valence-electron chi connectivity index (χ3n) is 3.15. The largest absolute Gasteiger partial charge is 0.395 e. The van der Waals surface area contributed by atoms with Crippen LogP contribution in [0.1, 0.15) is 0 Å². The van der Waals surface area contributed by atoms with Crippen LogP contribution in [0.3, 0.4) is 0 Å². The third kappa shape index (κ3) is 2.46. The summed E-state index contributed by atoms with van der Waals surface area (Å²) >= 11 is 0. The Kier molecular flexibility index (Phi) is 3.56. The summed E-state index contributed by atoms with van der Waals surface area (Å²) in [5.41, 5.74) is 2.10. The van der Waals surface area contributed by atoms with Crippen LogP contribution in [-0.2, 0) is 0 Å². The van der Waals surface area contributed by atoms with Crippen LogP contribution < -0.4 is 5.32 Å². The molecule has 0 saturated carbocycles. The second-order valence-corrected chi connectivity index (χ2v) is 4.47. The highest BCUT2D eigenvalue weighted by atomic mass is 16.3. The number of aliphatic hydroxyl groups is 1. The van der Waals surface area contributed by atoms with Crippen LogP contribution in [0.2, 0.25) is 0 Å². The molecule has 0 aliphatic carbocycles. The van der Waals surface area contributed by atoms with E-state index < -0.39 is 0 Å². The van der Waals surface area contributed by atoms with Gasteiger partial charge >= 0.3 is 0 Å². The van der Waals surface area contributed by atoms with Crippen LogP contribution >= 0.6 is 0 Å². The first kappa shape index (κ1) is 12.6. The van der Waals surface area contributed by atoms with E-state index in [9.17, 15) is 0 Å². The highest BCUT2D eigenvalue weighted by molar-refractivity contribution is 5.96. The van der Waals surface area contributed by atoms with E-state index in [1.165, 1.54) is 10.8 Å². The molecule has 2 N–H and O–H groups in total. The summed E-state index contributed by atoms with van der Waals surface area (Å²) in [5, 5.41) is 14.1. The van der Waals surface area contributed by atoms with E-state index in [4.69, 9.17) is 5.11 Å². The van der Waals surface area contributed by atoms with Gasteiger partial charge in [0.25, 0.3) is 0 Å². The second-order valence-electron chi connectivity index (χ2n) is 4.47. The smallest absolute Gasteiger partial charge is 0.222 e. The lowest BCUT2D eigenvalue weighted by Gasteiger charge is -2.07. The average molecular weight is 265 g/mol. The molecule has 0 fully saturated rings. The van der Waals surface area contributed by atoms with Gasteiger partial charge < -0.3 is 10.4 Å². The van der Waals surface area contributed by atoms with Crippen LogP contribution in [0.4, 0.5) is 5.95 Å². The minimum Gasteiger partial charge on any atom is -0.395 e. The zero-order chi connectivity index (χ0) is 13.8. The standard InChI is InChI=1S/C16H15N3O/c20-9-8-17-16-18-10-13(11-19-16)15-7-3-5-12-4-1-2-6-14(12)15/h1-7,10-11,20H,8-9H2,(H,17,18,19). The van der Waals surface area contributed by atoms with E-state index >= 15 is 0 Å². The molecule has 0 bridgehead atoms. The van der Waals surface area contributed by atoms with Gasteiger partial charge in [-0.25, -0.2) is 9.97 Å². The van der Waals surface area contributed by atoms with Crippen LogP contribution in [0.25, 0.3) is 21.9 Å². The molecule has 0 atom stereocenters. The zero-order valence-corrected chi connectivity index (χ0v) is 11.0. The van der Waals surface area contributed by atoms with Crippen LogP contribution in [0.15, 0.2) is 54.9 Å². The van der Waals surface area contributed by atoms with E-state index in [1.54, 1.807) is 12.4 Å². The quantitative estimate of drug-likeness (QED) is 0.761. The number of hydrogen-bond donors (Lipinski definition) is 2. The van der Waals surface area contributed by atoms with Gasteiger partial charge in [-0.3, -0.25) is 0 Å². The van der Waals surface area contributed by atoms with Crippen LogP contribution in [0.5, 0.6) is 0 Å². The molecule has 0 aliphatic heterocycles. The number of rotatable bonds is 4. The molecule has 0 aliphatic rings. The van der Waals surface area contributed by atoms with Gasteiger partial charge in [0, 0.05) is 24.5 Å². The summed E-state index contributed by atoms with van der Waals surface area (Å²) in [4.78, 5) is 8.53. The maximum atomic E-state index is 8.76. The Morgan fingerprint density at radius 1 is 0.950 bits per heavy atom. The molecular formula is C16H15N3O. The number of nitrogens with zero attached hydrogens (tertiary/aromatic N) is 2. The fourth-order valence-corrected chi connectivity index (χ4v) is 2.20. The number of anilines is 1. The normalized spacial score (nSPS) is 10.7. The summed E-state index contributed by atoms with van der Waals surface area (Å²) < 4.78 is 0. The third-order valence-corrected chi connectivity index (χ3v) is 3.15. The molecule has 3 aromatic rings. The van der Waals surface area contributed by atoms with Crippen molar-refractivity contribution in [1.82, 2.24) is 9.97 Å². The Bertz CT molecular complexity index is 705. The second kappa shape index (κ2) is 5.67. The topological polar surface area (TPSA) is 58.0 Å². The van der Waals surface area contributed by atoms with Gasteiger partial charge in [0.2, 0.25) is 5.95 Å². The highest BCUT2D eigenvalue weighted by Gasteiger charge is 2.04. The van der Waals surface area contributed by atoms with E-state index in [0.29, 0.717) is 12.5 Å². The number of fused-ring (bicyclic) bond motifs is 1. The van der Waals surface area contributed by atoms with Crippen molar-refractivity contribution < 1.29 is 5.11 Å². The monoisotopic (exact) mass is 265 g/mol. The number of aliphatic hydroxyl groups excluding tert-OH is 1. The summed E-state index contributed by atoms with van der Waals surface area (Å²) in [6.45, 7) is 0.516. The Hall–Kier alpha value is -2.46. The molecule has 0 radical (unpaired) electrons. The first-order valence-corrected chi connectivity index (χ1v) is 6.53. The molecule has 0 spiro atoms. The molecule has 4 nitrogen and oxygen atoms in total. The first-order chi connectivity index (χ1) is 9.88. The molecule has 20 heavy (non-hydrogen) atoms. The van der Waals surface area contributed by atoms with E-state index in [0.717, 1.165) is 11.1 Å². The van der Waals surface area contributed by atoms with E-state index in [2.05, 4.69) is 39.6 Å². The van der Waals surface area contributed by atoms with Crippen molar-refractivity contribution in [3.63, 3.8) is 0 Å². The van der Waals surface area contributed by atoms with Gasteiger partial charge in [-0.1, -0.05) is 42.5 Å². The SMILES string of the molecule is OCCNc1ncc(-c2cccc3ccccc23)cn1. The van der Waals surface area contributed by atoms with Crippen LogP contribution in [-0.4, -0.2) is 28.2 Å². The van der Waals surface area contributed by atoms with E-state index in [1.807, 2.05) is 18.2 Å². The Morgan fingerprint density at radius 3 is 2.50 bits per heavy atom. The zero-order valence-electron chi connectivity index (χ0n) is 11.0. The van der Waals surface area contributed by atoms with Gasteiger partial charge in [-0.2, -0.15) is 0 Å². The van der Waals surface area contributed by atoms with Crippen molar-refractivity contribution in [1.29, 1.82) is 0 Å². The van der Waals surface area contributed by atoms with Crippen molar-refractivity contribution in [3.8, 4) is 11.1 Å². The first-order valence-electron chi connectivity index (χ1n) is 6.53. The molecule has 0 unspecified atom stereocenters. The fourth-order valence-electron chi connectivity index (χ4n) is 2.20. The van der Waals surface area contributed by atoms with Crippen molar-refractivity contribution in [2.24, 2.45) is 0 Å². The van der Waals surface area contributed by atoms with Gasteiger partial charge in [0.1, 0.15) is 0 Å². The molecule has 2 aromatic carbocycles. The fraction of sp³-hybridized carbons (Fsp3) is 0.125. The van der Waals surface area contributed by atoms with Gasteiger partial charge in [0.15, 0.2) is 0 Å². The molecule has 0 amide bonds. The number of aromatic nitrogens is 2. The minimum atomic E-state index is 0.0639. The summed E-state index contributed by atoms with van der Waals surface area (Å²) in [7, 11) is 0. The molecular weight excluding hydrogens is 250 g/mol. The Balaban J connectivity index is 1.98. The lowest BCUT2D eigenvalue weighted by molar-refractivity contribution is 0.311. The molecule has 1 heterocycles. The Morgan fingerprint density at radius 2 is 1.70 bits per heavy atom. The number of hydrogen-bond acceptors (Lipinski definition) is 4.